The van der Waals surface area contributed by atoms with E-state index in [1.54, 1.807) is 6.07 Å². The largest absolute Gasteiger partial charge is 0.423 e. The molecule has 1 aliphatic rings. The van der Waals surface area contributed by atoms with E-state index in [1.165, 1.54) is 10.9 Å². The Morgan fingerprint density at radius 3 is 2.95 bits per heavy atom. The van der Waals surface area contributed by atoms with Crippen molar-refractivity contribution in [3.63, 3.8) is 0 Å². The highest BCUT2D eigenvalue weighted by Gasteiger charge is 2.29. The van der Waals surface area contributed by atoms with Crippen LogP contribution in [0.5, 0.6) is 0 Å². The summed E-state index contributed by atoms with van der Waals surface area (Å²) in [6, 6.07) is 7.27. The number of hydrogen-bond donors (Lipinski definition) is 0. The first-order valence-electron chi connectivity index (χ1n) is 6.58. The molecule has 3 aromatic rings. The minimum Gasteiger partial charge on any atom is -0.423 e. The quantitative estimate of drug-likeness (QED) is 0.723. The summed E-state index contributed by atoms with van der Waals surface area (Å²) < 4.78 is 7.06. The van der Waals surface area contributed by atoms with Crippen LogP contribution in [0.15, 0.2) is 39.8 Å². The highest BCUT2D eigenvalue weighted by atomic mass is 16.4. The maximum atomic E-state index is 12.3. The van der Waals surface area contributed by atoms with E-state index in [0.29, 0.717) is 28.6 Å². The second-order valence-corrected chi connectivity index (χ2v) is 5.00. The van der Waals surface area contributed by atoms with Gasteiger partial charge in [0.05, 0.1) is 17.2 Å². The SMILES string of the molecule is O=c1c2ccccc2ncn1Cc1nnc(C2CC2)o1. The molecule has 0 aliphatic heterocycles. The third-order valence-corrected chi connectivity index (χ3v) is 3.45. The molecule has 6 nitrogen and oxygen atoms in total. The van der Waals surface area contributed by atoms with Crippen molar-refractivity contribution in [2.75, 3.05) is 0 Å². The minimum atomic E-state index is -0.0956. The van der Waals surface area contributed by atoms with Crippen molar-refractivity contribution in [1.29, 1.82) is 0 Å². The van der Waals surface area contributed by atoms with Gasteiger partial charge < -0.3 is 4.42 Å². The fourth-order valence-corrected chi connectivity index (χ4v) is 2.19. The van der Waals surface area contributed by atoms with Crippen LogP contribution in [-0.4, -0.2) is 19.7 Å². The van der Waals surface area contributed by atoms with Gasteiger partial charge in [0.15, 0.2) is 0 Å². The third-order valence-electron chi connectivity index (χ3n) is 3.45. The van der Waals surface area contributed by atoms with Gasteiger partial charge in [0.2, 0.25) is 11.8 Å². The van der Waals surface area contributed by atoms with Crippen LogP contribution >= 0.6 is 0 Å². The second-order valence-electron chi connectivity index (χ2n) is 5.00. The summed E-state index contributed by atoms with van der Waals surface area (Å²) in [4.78, 5) is 16.6. The summed E-state index contributed by atoms with van der Waals surface area (Å²) in [6.07, 6.45) is 3.74. The standard InChI is InChI=1S/C14H12N4O2/c19-14-10-3-1-2-4-11(10)15-8-18(14)7-12-16-17-13(20-12)9-5-6-9/h1-4,8-9H,5-7H2. The number of benzene rings is 1. The molecule has 2 aromatic heterocycles. The van der Waals surface area contributed by atoms with Crippen LogP contribution in [-0.2, 0) is 6.54 Å². The van der Waals surface area contributed by atoms with Crippen molar-refractivity contribution in [3.05, 3.63) is 52.7 Å². The predicted molar refractivity (Wildman–Crippen MR) is 71.4 cm³/mol. The molecule has 20 heavy (non-hydrogen) atoms. The number of fused-ring (bicyclic) bond motifs is 1. The van der Waals surface area contributed by atoms with Crippen molar-refractivity contribution < 1.29 is 4.42 Å². The van der Waals surface area contributed by atoms with E-state index in [9.17, 15) is 4.79 Å². The van der Waals surface area contributed by atoms with Gasteiger partial charge in [0.25, 0.3) is 5.56 Å². The predicted octanol–water partition coefficient (Wildman–Crippen LogP) is 1.71. The Balaban J connectivity index is 1.70. The zero-order chi connectivity index (χ0) is 13.5. The average molecular weight is 268 g/mol. The number of hydrogen-bond acceptors (Lipinski definition) is 5. The fraction of sp³-hybridized carbons (Fsp3) is 0.286. The first kappa shape index (κ1) is 11.3. The summed E-state index contributed by atoms with van der Waals surface area (Å²) >= 11 is 0. The van der Waals surface area contributed by atoms with E-state index < -0.39 is 0 Å². The molecule has 0 spiro atoms. The molecule has 0 N–H and O–H groups in total. The van der Waals surface area contributed by atoms with Crippen LogP contribution in [0.25, 0.3) is 10.9 Å². The summed E-state index contributed by atoms with van der Waals surface area (Å²) in [5.41, 5.74) is 0.597. The van der Waals surface area contributed by atoms with Crippen LogP contribution in [0.3, 0.4) is 0 Å². The molecule has 1 aromatic carbocycles. The first-order chi connectivity index (χ1) is 9.81. The Morgan fingerprint density at radius 2 is 2.10 bits per heavy atom. The van der Waals surface area contributed by atoms with Gasteiger partial charge in [-0.2, -0.15) is 0 Å². The van der Waals surface area contributed by atoms with Crippen molar-refractivity contribution in [2.45, 2.75) is 25.3 Å². The molecule has 1 aliphatic carbocycles. The molecule has 1 saturated carbocycles. The van der Waals surface area contributed by atoms with E-state index in [4.69, 9.17) is 4.42 Å². The van der Waals surface area contributed by atoms with Crippen LogP contribution in [0.2, 0.25) is 0 Å². The van der Waals surface area contributed by atoms with Crippen LogP contribution in [0.4, 0.5) is 0 Å². The topological polar surface area (TPSA) is 73.8 Å². The van der Waals surface area contributed by atoms with Crippen molar-refractivity contribution >= 4 is 10.9 Å². The monoisotopic (exact) mass is 268 g/mol. The lowest BCUT2D eigenvalue weighted by Gasteiger charge is -2.03. The van der Waals surface area contributed by atoms with Crippen LogP contribution in [0, 0.1) is 0 Å². The van der Waals surface area contributed by atoms with Gasteiger partial charge >= 0.3 is 0 Å². The Morgan fingerprint density at radius 1 is 1.25 bits per heavy atom. The molecule has 4 rings (SSSR count). The maximum Gasteiger partial charge on any atom is 0.261 e. The lowest BCUT2D eigenvalue weighted by Crippen LogP contribution is -2.21. The van der Waals surface area contributed by atoms with Gasteiger partial charge in [0.1, 0.15) is 6.54 Å². The molecule has 0 unspecified atom stereocenters. The summed E-state index contributed by atoms with van der Waals surface area (Å²) in [6.45, 7) is 0.260. The van der Waals surface area contributed by atoms with Crippen molar-refractivity contribution in [2.24, 2.45) is 0 Å². The summed E-state index contributed by atoms with van der Waals surface area (Å²) in [5.74, 6) is 1.55. The lowest BCUT2D eigenvalue weighted by molar-refractivity contribution is 0.436. The smallest absolute Gasteiger partial charge is 0.261 e. The Hall–Kier alpha value is -2.50. The Kier molecular flexibility index (Phi) is 2.42. The molecule has 0 atom stereocenters. The molecule has 6 heteroatoms. The fourth-order valence-electron chi connectivity index (χ4n) is 2.19. The van der Waals surface area contributed by atoms with E-state index >= 15 is 0 Å². The molecular formula is C14H12N4O2. The van der Waals surface area contributed by atoms with Gasteiger partial charge in [-0.3, -0.25) is 9.36 Å². The molecule has 0 bridgehead atoms. The number of aromatic nitrogens is 4. The second kappa shape index (κ2) is 4.26. The Bertz CT molecular complexity index is 832. The van der Waals surface area contributed by atoms with E-state index in [-0.39, 0.29) is 12.1 Å². The number of nitrogens with zero attached hydrogens (tertiary/aromatic N) is 4. The molecular weight excluding hydrogens is 256 g/mol. The summed E-state index contributed by atoms with van der Waals surface area (Å²) in [7, 11) is 0. The molecule has 1 fully saturated rings. The van der Waals surface area contributed by atoms with Crippen molar-refractivity contribution in [3.8, 4) is 0 Å². The highest BCUT2D eigenvalue weighted by molar-refractivity contribution is 5.76. The van der Waals surface area contributed by atoms with Gasteiger partial charge in [-0.05, 0) is 25.0 Å². The average Bonchev–Trinajstić information content (AvgIpc) is 3.23. The van der Waals surface area contributed by atoms with E-state index in [2.05, 4.69) is 15.2 Å². The zero-order valence-electron chi connectivity index (χ0n) is 10.7. The van der Waals surface area contributed by atoms with Gasteiger partial charge in [0, 0.05) is 5.92 Å². The zero-order valence-corrected chi connectivity index (χ0v) is 10.7. The third kappa shape index (κ3) is 1.89. The maximum absolute atomic E-state index is 12.3. The van der Waals surface area contributed by atoms with Crippen LogP contribution < -0.4 is 5.56 Å². The summed E-state index contributed by atoms with van der Waals surface area (Å²) in [5, 5.41) is 8.60. The Labute approximate surface area is 114 Å². The molecule has 0 saturated heterocycles. The van der Waals surface area contributed by atoms with Gasteiger partial charge in [-0.15, -0.1) is 10.2 Å². The minimum absolute atomic E-state index is 0.0956. The molecule has 0 amide bonds. The molecule has 2 heterocycles. The first-order valence-corrected chi connectivity index (χ1v) is 6.58. The van der Waals surface area contributed by atoms with Gasteiger partial charge in [-0.1, -0.05) is 12.1 Å². The van der Waals surface area contributed by atoms with Crippen molar-refractivity contribution in [1.82, 2.24) is 19.7 Å². The van der Waals surface area contributed by atoms with Gasteiger partial charge in [-0.25, -0.2) is 4.98 Å². The van der Waals surface area contributed by atoms with E-state index in [1.807, 2.05) is 18.2 Å². The van der Waals surface area contributed by atoms with E-state index in [0.717, 1.165) is 12.8 Å². The normalized spacial score (nSPS) is 14.8. The lowest BCUT2D eigenvalue weighted by atomic mass is 10.2. The molecule has 0 radical (unpaired) electrons. The number of rotatable bonds is 3. The highest BCUT2D eigenvalue weighted by Crippen LogP contribution is 2.38. The van der Waals surface area contributed by atoms with Crippen LogP contribution in [0.1, 0.15) is 30.5 Å². The molecule has 100 valence electrons. The number of para-hydroxylation sites is 1.